The Bertz CT molecular complexity index is 1070. The number of amides is 2. The average molecular weight is 433 g/mol. The van der Waals surface area contributed by atoms with Gasteiger partial charge in [0.1, 0.15) is 18.1 Å². The highest BCUT2D eigenvalue weighted by Gasteiger charge is 2.19. The lowest BCUT2D eigenvalue weighted by molar-refractivity contribution is -0.116. The largest absolute Gasteiger partial charge is 0.495 e. The van der Waals surface area contributed by atoms with Gasteiger partial charge in [-0.1, -0.05) is 28.9 Å². The lowest BCUT2D eigenvalue weighted by Gasteiger charge is -2.08. The van der Waals surface area contributed by atoms with E-state index < -0.39 is 11.8 Å². The first kappa shape index (κ1) is 21.1. The molecule has 0 saturated carbocycles. The molecule has 0 aliphatic rings. The van der Waals surface area contributed by atoms with Crippen LogP contribution >= 0.6 is 11.6 Å². The number of aromatic nitrogens is 3. The quantitative estimate of drug-likeness (QED) is 0.526. The highest BCUT2D eigenvalue weighted by molar-refractivity contribution is 6.32. The third-order valence-corrected chi connectivity index (χ3v) is 4.38. The average Bonchev–Trinajstić information content (AvgIpc) is 3.07. The Kier molecular flexibility index (Phi) is 6.48. The number of benzene rings is 2. The second kappa shape index (κ2) is 9.23. The summed E-state index contributed by atoms with van der Waals surface area (Å²) in [7, 11) is 1.49. The van der Waals surface area contributed by atoms with Crippen molar-refractivity contribution in [3.05, 3.63) is 64.6 Å². The Morgan fingerprint density at radius 2 is 1.97 bits per heavy atom. The minimum atomic E-state index is -0.564. The molecule has 0 aliphatic heterocycles. The summed E-state index contributed by atoms with van der Waals surface area (Å²) < 4.78 is 19.1. The standard InChI is InChI=1S/C19H18ClFN6O3/c1-30-15-7-6-13(8-14(15)20)24-16(28)10-27-18(22)17(25-26-27)19(29)23-9-11-2-4-12(21)5-3-11/h2-8H,9-10,22H2,1H3,(H,23,29)(H,24,28). The molecule has 9 nitrogen and oxygen atoms in total. The van der Waals surface area contributed by atoms with Crippen molar-refractivity contribution in [3.63, 3.8) is 0 Å². The van der Waals surface area contributed by atoms with Crippen LogP contribution in [-0.2, 0) is 17.9 Å². The number of carbonyl (C=O) groups excluding carboxylic acids is 2. The molecule has 2 amide bonds. The zero-order chi connectivity index (χ0) is 21.7. The van der Waals surface area contributed by atoms with Gasteiger partial charge >= 0.3 is 0 Å². The summed E-state index contributed by atoms with van der Waals surface area (Å²) in [4.78, 5) is 24.5. The van der Waals surface area contributed by atoms with Crippen molar-refractivity contribution < 1.29 is 18.7 Å². The van der Waals surface area contributed by atoms with Crippen LogP contribution in [0.25, 0.3) is 0 Å². The van der Waals surface area contributed by atoms with E-state index in [2.05, 4.69) is 20.9 Å². The lowest BCUT2D eigenvalue weighted by Crippen LogP contribution is -2.25. The maximum absolute atomic E-state index is 12.9. The summed E-state index contributed by atoms with van der Waals surface area (Å²) in [5.74, 6) is -0.954. The van der Waals surface area contributed by atoms with E-state index in [9.17, 15) is 14.0 Å². The molecule has 0 fully saturated rings. The molecular formula is C19H18ClFN6O3. The molecule has 3 rings (SSSR count). The molecule has 30 heavy (non-hydrogen) atoms. The van der Waals surface area contributed by atoms with Crippen LogP contribution in [-0.4, -0.2) is 33.9 Å². The molecule has 156 valence electrons. The van der Waals surface area contributed by atoms with Crippen LogP contribution in [0.1, 0.15) is 16.1 Å². The highest BCUT2D eigenvalue weighted by Crippen LogP contribution is 2.27. The first-order valence-corrected chi connectivity index (χ1v) is 9.10. The van der Waals surface area contributed by atoms with E-state index in [0.29, 0.717) is 22.0 Å². The van der Waals surface area contributed by atoms with E-state index in [4.69, 9.17) is 22.1 Å². The van der Waals surface area contributed by atoms with Gasteiger partial charge in [0.05, 0.1) is 12.1 Å². The lowest BCUT2D eigenvalue weighted by atomic mass is 10.2. The van der Waals surface area contributed by atoms with Crippen molar-refractivity contribution in [2.75, 3.05) is 18.2 Å². The summed E-state index contributed by atoms with van der Waals surface area (Å²) in [6.45, 7) is -0.0994. The number of methoxy groups -OCH3 is 1. The SMILES string of the molecule is COc1ccc(NC(=O)Cn2nnc(C(=O)NCc3ccc(F)cc3)c2N)cc1Cl. The van der Waals surface area contributed by atoms with Crippen molar-refractivity contribution in [1.29, 1.82) is 0 Å². The second-order valence-electron chi connectivity index (χ2n) is 6.19. The van der Waals surface area contributed by atoms with Gasteiger partial charge < -0.3 is 21.1 Å². The van der Waals surface area contributed by atoms with Crippen molar-refractivity contribution in [3.8, 4) is 5.75 Å². The Labute approximate surface area is 176 Å². The number of nitrogens with zero attached hydrogens (tertiary/aromatic N) is 3. The van der Waals surface area contributed by atoms with E-state index in [1.807, 2.05) is 0 Å². The molecule has 0 radical (unpaired) electrons. The maximum atomic E-state index is 12.9. The first-order chi connectivity index (χ1) is 14.4. The molecule has 1 heterocycles. The number of hydrogen-bond donors (Lipinski definition) is 3. The van der Waals surface area contributed by atoms with E-state index >= 15 is 0 Å². The predicted molar refractivity (Wildman–Crippen MR) is 109 cm³/mol. The molecule has 0 atom stereocenters. The van der Waals surface area contributed by atoms with Crippen LogP contribution in [0.2, 0.25) is 5.02 Å². The normalized spacial score (nSPS) is 10.5. The number of nitrogen functional groups attached to an aromatic ring is 1. The minimum Gasteiger partial charge on any atom is -0.495 e. The van der Waals surface area contributed by atoms with Crippen LogP contribution in [0.15, 0.2) is 42.5 Å². The fraction of sp³-hybridized carbons (Fsp3) is 0.158. The zero-order valence-corrected chi connectivity index (χ0v) is 16.6. The second-order valence-corrected chi connectivity index (χ2v) is 6.59. The Hall–Kier alpha value is -3.66. The van der Waals surface area contributed by atoms with Crippen molar-refractivity contribution >= 4 is 34.9 Å². The van der Waals surface area contributed by atoms with Gasteiger partial charge in [0.15, 0.2) is 11.5 Å². The summed E-state index contributed by atoms with van der Waals surface area (Å²) in [6.07, 6.45) is 0. The van der Waals surface area contributed by atoms with Crippen LogP contribution in [0.4, 0.5) is 15.9 Å². The first-order valence-electron chi connectivity index (χ1n) is 8.72. The molecule has 11 heteroatoms. The van der Waals surface area contributed by atoms with Crippen LogP contribution in [0, 0.1) is 5.82 Å². The topological polar surface area (TPSA) is 124 Å². The molecule has 2 aromatic carbocycles. The summed E-state index contributed by atoms with van der Waals surface area (Å²) >= 11 is 6.03. The van der Waals surface area contributed by atoms with Gasteiger partial charge in [-0.15, -0.1) is 5.10 Å². The highest BCUT2D eigenvalue weighted by atomic mass is 35.5. The number of nitrogens with two attached hydrogens (primary N) is 1. The Balaban J connectivity index is 1.60. The zero-order valence-electron chi connectivity index (χ0n) is 15.9. The van der Waals surface area contributed by atoms with Gasteiger partial charge in [-0.05, 0) is 35.9 Å². The van der Waals surface area contributed by atoms with E-state index in [1.165, 1.54) is 25.3 Å². The van der Waals surface area contributed by atoms with Gasteiger partial charge in [0, 0.05) is 12.2 Å². The van der Waals surface area contributed by atoms with Gasteiger partial charge in [-0.3, -0.25) is 9.59 Å². The molecular weight excluding hydrogens is 415 g/mol. The van der Waals surface area contributed by atoms with Crippen LogP contribution < -0.4 is 21.1 Å². The molecule has 0 unspecified atom stereocenters. The number of carbonyl (C=O) groups is 2. The molecule has 0 bridgehead atoms. The molecule has 0 aliphatic carbocycles. The predicted octanol–water partition coefficient (Wildman–Crippen LogP) is 2.23. The number of rotatable bonds is 7. The van der Waals surface area contributed by atoms with Gasteiger partial charge in [-0.2, -0.15) is 0 Å². The van der Waals surface area contributed by atoms with Crippen molar-refractivity contribution in [1.82, 2.24) is 20.3 Å². The fourth-order valence-electron chi connectivity index (χ4n) is 2.55. The number of hydrogen-bond acceptors (Lipinski definition) is 6. The number of ether oxygens (including phenoxy) is 1. The molecule has 0 spiro atoms. The minimum absolute atomic E-state index is 0.0606. The Morgan fingerprint density at radius 3 is 2.63 bits per heavy atom. The summed E-state index contributed by atoms with van der Waals surface area (Å²) in [5.41, 5.74) is 6.96. The summed E-state index contributed by atoms with van der Waals surface area (Å²) in [5, 5.41) is 13.1. The molecule has 0 saturated heterocycles. The molecule has 1 aromatic heterocycles. The number of halogens is 2. The van der Waals surface area contributed by atoms with E-state index in [0.717, 1.165) is 4.68 Å². The summed E-state index contributed by atoms with van der Waals surface area (Å²) in [6, 6.07) is 10.5. The smallest absolute Gasteiger partial charge is 0.275 e. The molecule has 4 N–H and O–H groups in total. The van der Waals surface area contributed by atoms with E-state index in [-0.39, 0.29) is 30.4 Å². The van der Waals surface area contributed by atoms with Crippen molar-refractivity contribution in [2.45, 2.75) is 13.1 Å². The third kappa shape index (κ3) is 5.03. The van der Waals surface area contributed by atoms with Crippen LogP contribution in [0.5, 0.6) is 5.75 Å². The van der Waals surface area contributed by atoms with Gasteiger partial charge in [-0.25, -0.2) is 9.07 Å². The number of anilines is 2. The van der Waals surface area contributed by atoms with E-state index in [1.54, 1.807) is 24.3 Å². The Morgan fingerprint density at radius 1 is 1.23 bits per heavy atom. The number of nitrogens with one attached hydrogen (secondary N) is 2. The van der Waals surface area contributed by atoms with Crippen molar-refractivity contribution in [2.24, 2.45) is 0 Å². The maximum Gasteiger partial charge on any atom is 0.275 e. The van der Waals surface area contributed by atoms with Crippen LogP contribution in [0.3, 0.4) is 0 Å². The third-order valence-electron chi connectivity index (χ3n) is 4.08. The van der Waals surface area contributed by atoms with Gasteiger partial charge in [0.2, 0.25) is 5.91 Å². The monoisotopic (exact) mass is 432 g/mol. The molecule has 3 aromatic rings. The van der Waals surface area contributed by atoms with Gasteiger partial charge in [0.25, 0.3) is 5.91 Å². The fourth-order valence-corrected chi connectivity index (χ4v) is 2.81.